The van der Waals surface area contributed by atoms with Gasteiger partial charge in [0.05, 0.1) is 5.56 Å². The monoisotopic (exact) mass is 349 g/mol. The van der Waals surface area contributed by atoms with Crippen LogP contribution in [0.1, 0.15) is 37.7 Å². The Balaban J connectivity index is 1.68. The van der Waals surface area contributed by atoms with Gasteiger partial charge in [-0.15, -0.1) is 0 Å². The van der Waals surface area contributed by atoms with Crippen LogP contribution in [0, 0.1) is 0 Å². The second kappa shape index (κ2) is 8.15. The topological polar surface area (TPSA) is 29.1 Å². The number of alkyl halides is 3. The molecule has 1 aromatic carbocycles. The van der Waals surface area contributed by atoms with Gasteiger partial charge in [-0.05, 0) is 43.5 Å². The fraction of sp³-hybridized carbons (Fsp3) is 0.533. The van der Waals surface area contributed by atoms with Crippen LogP contribution < -0.4 is 5.32 Å². The molecule has 1 aliphatic heterocycles. The average molecular weight is 349 g/mol. The summed E-state index contributed by atoms with van der Waals surface area (Å²) in [7, 11) is 3.84. The Morgan fingerprint density at radius 3 is 2.55 bits per heavy atom. The predicted molar refractivity (Wildman–Crippen MR) is 87.0 cm³/mol. The third kappa shape index (κ3) is 5.76. The SMILES string of the molecule is O=C(CCCCC1CCSS1)Nc1ccc(C(F)(F)F)cc1. The molecule has 1 N–H and O–H groups in total. The lowest BCUT2D eigenvalue weighted by molar-refractivity contribution is -0.137. The molecule has 1 aromatic rings. The maximum atomic E-state index is 12.4. The molecule has 2 nitrogen and oxygen atoms in total. The number of hydrogen-bond acceptors (Lipinski definition) is 3. The highest BCUT2D eigenvalue weighted by atomic mass is 33.1. The molecule has 2 rings (SSSR count). The molecule has 1 aliphatic rings. The van der Waals surface area contributed by atoms with E-state index in [0.717, 1.165) is 31.4 Å². The quantitative estimate of drug-likeness (QED) is 0.554. The van der Waals surface area contributed by atoms with E-state index in [0.29, 0.717) is 17.4 Å². The molecule has 1 atom stereocenters. The van der Waals surface area contributed by atoms with Crippen molar-refractivity contribution in [3.63, 3.8) is 0 Å². The van der Waals surface area contributed by atoms with Crippen molar-refractivity contribution in [2.75, 3.05) is 11.1 Å². The zero-order valence-corrected chi connectivity index (χ0v) is 13.6. The van der Waals surface area contributed by atoms with Crippen LogP contribution in [-0.4, -0.2) is 16.9 Å². The summed E-state index contributed by atoms with van der Waals surface area (Å²) in [6, 6.07) is 4.52. The highest BCUT2D eigenvalue weighted by Crippen LogP contribution is 2.39. The van der Waals surface area contributed by atoms with E-state index in [4.69, 9.17) is 0 Å². The standard InChI is InChI=1S/C15H18F3NOS2/c16-15(17,18)11-5-7-12(8-6-11)19-14(20)4-2-1-3-13-9-10-21-22-13/h5-8,13H,1-4,9-10H2,(H,19,20). The molecule has 0 radical (unpaired) electrons. The van der Waals surface area contributed by atoms with Gasteiger partial charge in [-0.2, -0.15) is 13.2 Å². The van der Waals surface area contributed by atoms with Crippen LogP contribution in [0.3, 0.4) is 0 Å². The van der Waals surface area contributed by atoms with E-state index in [9.17, 15) is 18.0 Å². The largest absolute Gasteiger partial charge is 0.416 e. The molecule has 1 unspecified atom stereocenters. The Hall–Kier alpha value is -0.820. The molecule has 0 bridgehead atoms. The Bertz CT molecular complexity index is 485. The first kappa shape index (κ1) is 17.5. The van der Waals surface area contributed by atoms with Crippen molar-refractivity contribution in [1.82, 2.24) is 0 Å². The molecule has 1 heterocycles. The number of hydrogen-bond donors (Lipinski definition) is 1. The third-order valence-corrected chi connectivity index (χ3v) is 6.41. The van der Waals surface area contributed by atoms with Crippen LogP contribution in [-0.2, 0) is 11.0 Å². The summed E-state index contributed by atoms with van der Waals surface area (Å²) < 4.78 is 37.3. The van der Waals surface area contributed by atoms with E-state index in [2.05, 4.69) is 5.32 Å². The van der Waals surface area contributed by atoms with E-state index in [1.165, 1.54) is 24.3 Å². The fourth-order valence-corrected chi connectivity index (χ4v) is 5.22. The average Bonchev–Trinajstić information content (AvgIpc) is 2.96. The second-order valence-electron chi connectivity index (χ2n) is 5.20. The summed E-state index contributed by atoms with van der Waals surface area (Å²) in [6.07, 6.45) is 0.260. The zero-order valence-electron chi connectivity index (χ0n) is 12.0. The third-order valence-electron chi connectivity index (χ3n) is 3.40. The highest BCUT2D eigenvalue weighted by molar-refractivity contribution is 8.77. The molecule has 0 aliphatic carbocycles. The number of carbonyl (C=O) groups is 1. The number of halogens is 3. The molecule has 0 spiro atoms. The summed E-state index contributed by atoms with van der Waals surface area (Å²) in [5.41, 5.74) is -0.307. The molecule has 0 aromatic heterocycles. The van der Waals surface area contributed by atoms with Crippen molar-refractivity contribution in [1.29, 1.82) is 0 Å². The number of anilines is 1. The maximum absolute atomic E-state index is 12.4. The summed E-state index contributed by atoms with van der Waals surface area (Å²) in [6.45, 7) is 0. The summed E-state index contributed by atoms with van der Waals surface area (Å²) in [4.78, 5) is 11.7. The first-order valence-corrected chi connectivity index (χ1v) is 9.59. The molecular formula is C15H18F3NOS2. The van der Waals surface area contributed by atoms with Crippen molar-refractivity contribution in [3.05, 3.63) is 29.8 Å². The van der Waals surface area contributed by atoms with Crippen molar-refractivity contribution in [2.45, 2.75) is 43.5 Å². The van der Waals surface area contributed by atoms with E-state index in [1.807, 2.05) is 21.6 Å². The van der Waals surface area contributed by atoms with Crippen LogP contribution in [0.5, 0.6) is 0 Å². The summed E-state index contributed by atoms with van der Waals surface area (Å²) in [5.74, 6) is 1.07. The van der Waals surface area contributed by atoms with Gasteiger partial charge in [0.1, 0.15) is 0 Å². The minimum atomic E-state index is -4.35. The van der Waals surface area contributed by atoms with Crippen LogP contribution >= 0.6 is 21.6 Å². The number of benzene rings is 1. The zero-order chi connectivity index (χ0) is 16.0. The first-order chi connectivity index (χ1) is 10.4. The maximum Gasteiger partial charge on any atom is 0.416 e. The Kier molecular flexibility index (Phi) is 6.50. The molecule has 122 valence electrons. The van der Waals surface area contributed by atoms with E-state index >= 15 is 0 Å². The number of carbonyl (C=O) groups excluding carboxylic acids is 1. The van der Waals surface area contributed by atoms with Crippen LogP contribution in [0.15, 0.2) is 24.3 Å². The molecule has 1 fully saturated rings. The van der Waals surface area contributed by atoms with Gasteiger partial charge in [-0.25, -0.2) is 0 Å². The normalized spacial score (nSPS) is 18.4. The van der Waals surface area contributed by atoms with E-state index in [-0.39, 0.29) is 5.91 Å². The van der Waals surface area contributed by atoms with Gasteiger partial charge in [-0.3, -0.25) is 4.79 Å². The summed E-state index contributed by atoms with van der Waals surface area (Å²) in [5, 5.41) is 3.34. The molecule has 1 saturated heterocycles. The smallest absolute Gasteiger partial charge is 0.326 e. The first-order valence-electron chi connectivity index (χ1n) is 7.20. The van der Waals surface area contributed by atoms with Gasteiger partial charge in [-0.1, -0.05) is 28.0 Å². The van der Waals surface area contributed by atoms with Gasteiger partial charge in [0, 0.05) is 23.1 Å². The highest BCUT2D eigenvalue weighted by Gasteiger charge is 2.29. The number of rotatable bonds is 6. The minimum Gasteiger partial charge on any atom is -0.326 e. The summed E-state index contributed by atoms with van der Waals surface area (Å²) >= 11 is 0. The molecule has 22 heavy (non-hydrogen) atoms. The number of nitrogens with one attached hydrogen (secondary N) is 1. The van der Waals surface area contributed by atoms with Crippen molar-refractivity contribution in [3.8, 4) is 0 Å². The molecule has 0 saturated carbocycles. The van der Waals surface area contributed by atoms with Crippen LogP contribution in [0.4, 0.5) is 18.9 Å². The Morgan fingerprint density at radius 1 is 1.23 bits per heavy atom. The van der Waals surface area contributed by atoms with Gasteiger partial charge in [0.2, 0.25) is 5.91 Å². The van der Waals surface area contributed by atoms with Gasteiger partial charge in [0.15, 0.2) is 0 Å². The van der Waals surface area contributed by atoms with Gasteiger partial charge < -0.3 is 5.32 Å². The lowest BCUT2D eigenvalue weighted by Crippen LogP contribution is -2.12. The number of amides is 1. The van der Waals surface area contributed by atoms with E-state index < -0.39 is 11.7 Å². The lowest BCUT2D eigenvalue weighted by atomic mass is 10.1. The molecular weight excluding hydrogens is 331 g/mol. The second-order valence-corrected chi connectivity index (χ2v) is 7.99. The molecule has 7 heteroatoms. The van der Waals surface area contributed by atoms with Crippen LogP contribution in [0.2, 0.25) is 0 Å². The fourth-order valence-electron chi connectivity index (χ4n) is 2.19. The van der Waals surface area contributed by atoms with Crippen molar-refractivity contribution >= 4 is 33.2 Å². The Labute approximate surface area is 136 Å². The lowest BCUT2D eigenvalue weighted by Gasteiger charge is -2.09. The van der Waals surface area contributed by atoms with E-state index in [1.54, 1.807) is 0 Å². The molecule has 1 amide bonds. The van der Waals surface area contributed by atoms with Gasteiger partial charge in [0.25, 0.3) is 0 Å². The van der Waals surface area contributed by atoms with Gasteiger partial charge >= 0.3 is 6.18 Å². The Morgan fingerprint density at radius 2 is 1.95 bits per heavy atom. The minimum absolute atomic E-state index is 0.145. The predicted octanol–water partition coefficient (Wildman–Crippen LogP) is 5.36. The van der Waals surface area contributed by atoms with Crippen molar-refractivity contribution < 1.29 is 18.0 Å². The van der Waals surface area contributed by atoms with Crippen LogP contribution in [0.25, 0.3) is 0 Å². The number of unbranched alkanes of at least 4 members (excludes halogenated alkanes) is 1. The van der Waals surface area contributed by atoms with Crippen molar-refractivity contribution in [2.24, 2.45) is 0 Å².